The second-order valence-electron chi connectivity index (χ2n) is 10.8. The summed E-state index contributed by atoms with van der Waals surface area (Å²) < 4.78 is 53.8. The Labute approximate surface area is 220 Å². The van der Waals surface area contributed by atoms with Crippen molar-refractivity contribution in [2.24, 2.45) is 5.92 Å². The lowest BCUT2D eigenvalue weighted by molar-refractivity contribution is -0.147. The van der Waals surface area contributed by atoms with E-state index in [1.807, 2.05) is 18.2 Å². The average molecular weight is 526 g/mol. The Hall–Kier alpha value is -3.19. The Morgan fingerprint density at radius 1 is 0.974 bits per heavy atom. The van der Waals surface area contributed by atoms with E-state index in [9.17, 15) is 27.5 Å². The van der Waals surface area contributed by atoms with E-state index >= 15 is 0 Å². The summed E-state index contributed by atoms with van der Waals surface area (Å²) in [6.07, 6.45) is -0.572. The molecule has 1 atom stereocenters. The Bertz CT molecular complexity index is 1290. The number of rotatable bonds is 6. The molecule has 2 fully saturated rings. The van der Waals surface area contributed by atoms with Crippen LogP contribution in [0.4, 0.5) is 17.6 Å². The quantitative estimate of drug-likeness (QED) is 0.333. The zero-order chi connectivity index (χ0) is 27.1. The smallest absolute Gasteiger partial charge is 0.416 e. The van der Waals surface area contributed by atoms with Crippen LogP contribution >= 0.6 is 0 Å². The predicted octanol–water partition coefficient (Wildman–Crippen LogP) is 7.84. The van der Waals surface area contributed by atoms with Gasteiger partial charge in [0.15, 0.2) is 0 Å². The molecule has 7 heteroatoms. The highest BCUT2D eigenvalue weighted by Gasteiger charge is 2.46. The Kier molecular flexibility index (Phi) is 7.07. The summed E-state index contributed by atoms with van der Waals surface area (Å²) in [7, 11) is 0. The molecule has 0 aromatic heterocycles. The van der Waals surface area contributed by atoms with Crippen molar-refractivity contribution in [2.75, 3.05) is 13.1 Å². The van der Waals surface area contributed by atoms with Gasteiger partial charge in [0.25, 0.3) is 0 Å². The zero-order valence-corrected chi connectivity index (χ0v) is 21.3. The summed E-state index contributed by atoms with van der Waals surface area (Å²) >= 11 is 0. The summed E-state index contributed by atoms with van der Waals surface area (Å²) in [5.41, 5.74) is 2.00. The number of carbonyl (C=O) groups is 1. The molecule has 0 bridgehead atoms. The number of hydrogen-bond donors (Lipinski definition) is 1. The van der Waals surface area contributed by atoms with Gasteiger partial charge in [0.1, 0.15) is 5.82 Å². The third-order valence-electron chi connectivity index (χ3n) is 8.41. The standard InChI is InChI=1S/C31H31F4NO2/c1-20-13-17-36(18-14-20)28(22-5-10-25(32)11-6-22)26-12-9-24(30(29(37)38)15-2-16-30)19-27(26)21-3-7-23(8-4-21)31(33,34)35/h3-12,19-20,28H,2,13-18H2,1H3,(H,37,38). The van der Waals surface area contributed by atoms with Crippen molar-refractivity contribution < 1.29 is 27.5 Å². The van der Waals surface area contributed by atoms with Crippen LogP contribution in [0.2, 0.25) is 0 Å². The number of aliphatic carboxylic acids is 1. The number of nitrogens with zero attached hydrogens (tertiary/aromatic N) is 1. The van der Waals surface area contributed by atoms with Crippen LogP contribution in [0.25, 0.3) is 11.1 Å². The number of carboxylic acid groups (broad SMARTS) is 1. The molecule has 1 aliphatic heterocycles. The molecule has 1 saturated heterocycles. The van der Waals surface area contributed by atoms with Gasteiger partial charge in [0, 0.05) is 0 Å². The van der Waals surface area contributed by atoms with Crippen LogP contribution in [0.5, 0.6) is 0 Å². The van der Waals surface area contributed by atoms with Gasteiger partial charge in [-0.15, -0.1) is 0 Å². The first kappa shape index (κ1) is 26.4. The van der Waals surface area contributed by atoms with Gasteiger partial charge in [-0.25, -0.2) is 4.39 Å². The molecule has 1 N–H and O–H groups in total. The van der Waals surface area contributed by atoms with E-state index in [-0.39, 0.29) is 11.9 Å². The van der Waals surface area contributed by atoms with Crippen molar-refractivity contribution in [1.82, 2.24) is 4.90 Å². The maximum atomic E-state index is 13.9. The topological polar surface area (TPSA) is 40.5 Å². The van der Waals surface area contributed by atoms with E-state index in [1.54, 1.807) is 12.1 Å². The van der Waals surface area contributed by atoms with Gasteiger partial charge in [-0.3, -0.25) is 9.69 Å². The first-order chi connectivity index (χ1) is 18.1. The van der Waals surface area contributed by atoms with Crippen molar-refractivity contribution in [3.8, 4) is 11.1 Å². The van der Waals surface area contributed by atoms with Crippen LogP contribution in [0, 0.1) is 11.7 Å². The van der Waals surface area contributed by atoms with Gasteiger partial charge in [0.05, 0.1) is 17.0 Å². The molecule has 2 aliphatic rings. The van der Waals surface area contributed by atoms with E-state index in [1.165, 1.54) is 24.3 Å². The molecular formula is C31H31F4NO2. The number of halogens is 4. The number of benzene rings is 3. The van der Waals surface area contributed by atoms with E-state index in [2.05, 4.69) is 11.8 Å². The Balaban J connectivity index is 1.68. The van der Waals surface area contributed by atoms with Crippen LogP contribution in [-0.4, -0.2) is 29.1 Å². The number of alkyl halides is 3. The maximum absolute atomic E-state index is 13.9. The number of hydrogen-bond acceptors (Lipinski definition) is 2. The van der Waals surface area contributed by atoms with Crippen LogP contribution in [0.3, 0.4) is 0 Å². The lowest BCUT2D eigenvalue weighted by Crippen LogP contribution is -2.42. The minimum Gasteiger partial charge on any atom is -0.481 e. The third kappa shape index (κ3) is 4.96. The van der Waals surface area contributed by atoms with Crippen molar-refractivity contribution in [2.45, 2.75) is 56.7 Å². The monoisotopic (exact) mass is 525 g/mol. The average Bonchev–Trinajstić information content (AvgIpc) is 2.86. The molecule has 0 radical (unpaired) electrons. The Morgan fingerprint density at radius 3 is 2.13 bits per heavy atom. The molecule has 1 heterocycles. The molecule has 3 nitrogen and oxygen atoms in total. The summed E-state index contributed by atoms with van der Waals surface area (Å²) in [4.78, 5) is 14.6. The fraction of sp³-hybridized carbons (Fsp3) is 0.387. The normalized spacial score (nSPS) is 19.1. The highest BCUT2D eigenvalue weighted by atomic mass is 19.4. The second-order valence-corrected chi connectivity index (χ2v) is 10.8. The van der Waals surface area contributed by atoms with Crippen LogP contribution in [0.1, 0.15) is 67.3 Å². The molecular weight excluding hydrogens is 494 g/mol. The molecule has 0 spiro atoms. The van der Waals surface area contributed by atoms with Gasteiger partial charge in [0.2, 0.25) is 0 Å². The molecule has 38 heavy (non-hydrogen) atoms. The lowest BCUT2D eigenvalue weighted by Gasteiger charge is -2.40. The van der Waals surface area contributed by atoms with Crippen molar-refractivity contribution in [3.05, 3.63) is 94.8 Å². The molecule has 0 amide bonds. The van der Waals surface area contributed by atoms with E-state index < -0.39 is 23.1 Å². The van der Waals surface area contributed by atoms with Gasteiger partial charge in [-0.2, -0.15) is 13.2 Å². The van der Waals surface area contributed by atoms with Crippen molar-refractivity contribution >= 4 is 5.97 Å². The summed E-state index contributed by atoms with van der Waals surface area (Å²) in [5, 5.41) is 10.1. The third-order valence-corrected chi connectivity index (χ3v) is 8.41. The lowest BCUT2D eigenvalue weighted by atomic mass is 9.64. The minimum absolute atomic E-state index is 0.253. The van der Waals surface area contributed by atoms with Crippen molar-refractivity contribution in [3.63, 3.8) is 0 Å². The number of likely N-dealkylation sites (tertiary alicyclic amines) is 1. The molecule has 1 saturated carbocycles. The summed E-state index contributed by atoms with van der Waals surface area (Å²) in [6, 6.07) is 16.8. The van der Waals surface area contributed by atoms with E-state index in [4.69, 9.17) is 0 Å². The fourth-order valence-corrected chi connectivity index (χ4v) is 5.86. The molecule has 5 rings (SSSR count). The second kappa shape index (κ2) is 10.2. The Morgan fingerprint density at radius 2 is 1.61 bits per heavy atom. The first-order valence-electron chi connectivity index (χ1n) is 13.1. The summed E-state index contributed by atoms with van der Waals surface area (Å²) in [6.45, 7) is 3.88. The zero-order valence-electron chi connectivity index (χ0n) is 21.3. The van der Waals surface area contributed by atoms with E-state index in [0.717, 1.165) is 55.6 Å². The molecule has 3 aromatic rings. The predicted molar refractivity (Wildman–Crippen MR) is 138 cm³/mol. The highest BCUT2D eigenvalue weighted by molar-refractivity contribution is 5.84. The summed E-state index contributed by atoms with van der Waals surface area (Å²) in [5.74, 6) is -0.632. The number of carboxylic acids is 1. The number of piperidine rings is 1. The SMILES string of the molecule is CC1CCN(C(c2ccc(F)cc2)c2ccc(C3(C(=O)O)CCC3)cc2-c2ccc(C(F)(F)F)cc2)CC1. The van der Waals surface area contributed by atoms with Gasteiger partial charge in [-0.05, 0) is 103 Å². The first-order valence-corrected chi connectivity index (χ1v) is 13.1. The van der Waals surface area contributed by atoms with Crippen LogP contribution < -0.4 is 0 Å². The maximum Gasteiger partial charge on any atom is 0.416 e. The largest absolute Gasteiger partial charge is 0.481 e. The van der Waals surface area contributed by atoms with Gasteiger partial charge >= 0.3 is 12.1 Å². The minimum atomic E-state index is -4.45. The molecule has 1 aliphatic carbocycles. The van der Waals surface area contributed by atoms with Gasteiger partial charge < -0.3 is 5.11 Å². The molecule has 3 aromatic carbocycles. The van der Waals surface area contributed by atoms with Gasteiger partial charge in [-0.1, -0.05) is 49.7 Å². The van der Waals surface area contributed by atoms with Crippen LogP contribution in [0.15, 0.2) is 66.7 Å². The van der Waals surface area contributed by atoms with E-state index in [0.29, 0.717) is 35.4 Å². The van der Waals surface area contributed by atoms with Crippen LogP contribution in [-0.2, 0) is 16.4 Å². The fourth-order valence-electron chi connectivity index (χ4n) is 5.86. The highest BCUT2D eigenvalue weighted by Crippen LogP contribution is 2.47. The van der Waals surface area contributed by atoms with Crippen molar-refractivity contribution in [1.29, 1.82) is 0 Å². The molecule has 200 valence electrons. The molecule has 1 unspecified atom stereocenters.